The number of rotatable bonds is 6. The highest BCUT2D eigenvalue weighted by Crippen LogP contribution is 2.30. The van der Waals surface area contributed by atoms with Gasteiger partial charge < -0.3 is 11.1 Å². The van der Waals surface area contributed by atoms with Gasteiger partial charge >= 0.3 is 0 Å². The lowest BCUT2D eigenvalue weighted by Crippen LogP contribution is -2.43. The molecule has 1 fully saturated rings. The van der Waals surface area contributed by atoms with Crippen LogP contribution < -0.4 is 11.1 Å². The molecule has 5 heteroatoms. The maximum absolute atomic E-state index is 12.8. The number of nitrogens with two attached hydrogens (primary N) is 1. The Kier molecular flexibility index (Phi) is 5.31. The minimum atomic E-state index is -3.00. The molecule has 3 N–H and O–H groups in total. The van der Waals surface area contributed by atoms with Crippen molar-refractivity contribution in [1.82, 2.24) is 5.32 Å². The number of carbonyl (C=O) groups excluding carboxylic acids is 1. The van der Waals surface area contributed by atoms with Crippen molar-refractivity contribution in [2.24, 2.45) is 17.6 Å². The van der Waals surface area contributed by atoms with Crippen LogP contribution in [-0.4, -0.2) is 24.9 Å². The van der Waals surface area contributed by atoms with Crippen LogP contribution in [0.4, 0.5) is 8.78 Å². The molecule has 1 saturated carbocycles. The number of hydrogen-bond acceptors (Lipinski definition) is 2. The lowest BCUT2D eigenvalue weighted by molar-refractivity contribution is -0.126. The van der Waals surface area contributed by atoms with E-state index >= 15 is 0 Å². The average molecular weight is 248 g/mol. The summed E-state index contributed by atoms with van der Waals surface area (Å²) in [6.45, 7) is 0.413. The zero-order chi connectivity index (χ0) is 12.9. The predicted molar refractivity (Wildman–Crippen MR) is 62.8 cm³/mol. The number of hydrogen-bond donors (Lipinski definition) is 2. The van der Waals surface area contributed by atoms with Crippen LogP contribution in [0.25, 0.3) is 0 Å². The zero-order valence-corrected chi connectivity index (χ0v) is 10.3. The number of halogens is 2. The first-order chi connectivity index (χ1) is 7.94. The molecule has 100 valence electrons. The van der Waals surface area contributed by atoms with Crippen LogP contribution in [-0.2, 0) is 4.79 Å². The third-order valence-corrected chi connectivity index (χ3v) is 3.43. The summed E-state index contributed by atoms with van der Waals surface area (Å²) in [5.41, 5.74) is 4.90. The fourth-order valence-electron chi connectivity index (χ4n) is 2.32. The summed E-state index contributed by atoms with van der Waals surface area (Å²) in [5, 5.41) is 2.28. The van der Waals surface area contributed by atoms with E-state index in [0.29, 0.717) is 5.92 Å². The van der Waals surface area contributed by atoms with E-state index in [-0.39, 0.29) is 11.8 Å². The first-order valence-corrected chi connectivity index (χ1v) is 6.30. The van der Waals surface area contributed by atoms with Crippen LogP contribution in [0.3, 0.4) is 0 Å². The summed E-state index contributed by atoms with van der Waals surface area (Å²) >= 11 is 0. The van der Waals surface area contributed by atoms with Gasteiger partial charge in [0, 0.05) is 5.92 Å². The van der Waals surface area contributed by atoms with E-state index in [1.54, 1.807) is 6.92 Å². The molecule has 0 aromatic heterocycles. The minimum absolute atomic E-state index is 0.188. The van der Waals surface area contributed by atoms with Crippen molar-refractivity contribution in [2.75, 3.05) is 13.1 Å². The molecule has 1 atom stereocenters. The highest BCUT2D eigenvalue weighted by atomic mass is 19.3. The van der Waals surface area contributed by atoms with Crippen LogP contribution >= 0.6 is 0 Å². The summed E-state index contributed by atoms with van der Waals surface area (Å²) in [4.78, 5) is 11.6. The topological polar surface area (TPSA) is 55.1 Å². The summed E-state index contributed by atoms with van der Waals surface area (Å²) in [5.74, 6) is -2.88. The zero-order valence-electron chi connectivity index (χ0n) is 10.3. The van der Waals surface area contributed by atoms with Gasteiger partial charge in [-0.15, -0.1) is 0 Å². The lowest BCUT2D eigenvalue weighted by Gasteiger charge is -2.19. The Hall–Kier alpha value is -0.710. The van der Waals surface area contributed by atoms with Gasteiger partial charge in [-0.05, 0) is 12.3 Å². The van der Waals surface area contributed by atoms with Gasteiger partial charge in [-0.1, -0.05) is 32.6 Å². The minimum Gasteiger partial charge on any atom is -0.350 e. The molecular weight excluding hydrogens is 226 g/mol. The fourth-order valence-corrected chi connectivity index (χ4v) is 2.32. The molecule has 1 aliphatic carbocycles. The Balaban J connectivity index is 2.26. The van der Waals surface area contributed by atoms with Crippen LogP contribution in [0.5, 0.6) is 0 Å². The molecule has 0 heterocycles. The van der Waals surface area contributed by atoms with E-state index in [2.05, 4.69) is 5.32 Å². The molecule has 1 unspecified atom stereocenters. The monoisotopic (exact) mass is 248 g/mol. The van der Waals surface area contributed by atoms with E-state index in [4.69, 9.17) is 5.73 Å². The predicted octanol–water partition coefficient (Wildman–Crippen LogP) is 1.91. The van der Waals surface area contributed by atoms with E-state index in [9.17, 15) is 13.6 Å². The van der Waals surface area contributed by atoms with Gasteiger partial charge in [-0.3, -0.25) is 4.79 Å². The Labute approximate surface area is 101 Å². The molecule has 1 rings (SSSR count). The molecule has 17 heavy (non-hydrogen) atoms. The second-order valence-corrected chi connectivity index (χ2v) is 5.07. The molecule has 0 saturated heterocycles. The number of alkyl halides is 2. The van der Waals surface area contributed by atoms with Crippen molar-refractivity contribution >= 4 is 5.91 Å². The third kappa shape index (κ3) is 4.98. The van der Waals surface area contributed by atoms with Gasteiger partial charge in [0.15, 0.2) is 0 Å². The standard InChI is InChI=1S/C12H22F2N2O/c1-9(6-10-4-2-3-5-10)11(17)16-8-12(13,14)7-15/h9-10H,2-8,15H2,1H3,(H,16,17). The van der Waals surface area contributed by atoms with Crippen molar-refractivity contribution in [3.8, 4) is 0 Å². The molecular formula is C12H22F2N2O. The fraction of sp³-hybridized carbons (Fsp3) is 0.917. The number of amides is 1. The van der Waals surface area contributed by atoms with Crippen molar-refractivity contribution in [3.05, 3.63) is 0 Å². The van der Waals surface area contributed by atoms with E-state index < -0.39 is 19.0 Å². The molecule has 3 nitrogen and oxygen atoms in total. The first kappa shape index (κ1) is 14.4. The molecule has 0 aromatic rings. The van der Waals surface area contributed by atoms with Crippen molar-refractivity contribution < 1.29 is 13.6 Å². The Morgan fingerprint density at radius 3 is 2.59 bits per heavy atom. The average Bonchev–Trinajstić information content (AvgIpc) is 2.78. The van der Waals surface area contributed by atoms with Gasteiger partial charge in [0.05, 0.1) is 13.1 Å². The maximum Gasteiger partial charge on any atom is 0.277 e. The molecule has 0 aromatic carbocycles. The van der Waals surface area contributed by atoms with Gasteiger partial charge in [0.1, 0.15) is 0 Å². The van der Waals surface area contributed by atoms with Crippen molar-refractivity contribution in [3.63, 3.8) is 0 Å². The van der Waals surface area contributed by atoms with E-state index in [1.165, 1.54) is 12.8 Å². The SMILES string of the molecule is CC(CC1CCCC1)C(=O)NCC(F)(F)CN. The summed E-state index contributed by atoms with van der Waals surface area (Å²) in [6, 6.07) is 0. The molecule has 0 bridgehead atoms. The highest BCUT2D eigenvalue weighted by molar-refractivity contribution is 5.78. The Bertz CT molecular complexity index is 253. The highest BCUT2D eigenvalue weighted by Gasteiger charge is 2.29. The third-order valence-electron chi connectivity index (χ3n) is 3.43. The summed E-state index contributed by atoms with van der Waals surface area (Å²) < 4.78 is 25.7. The largest absolute Gasteiger partial charge is 0.350 e. The number of carbonyl (C=O) groups is 1. The van der Waals surface area contributed by atoms with Crippen LogP contribution in [0.2, 0.25) is 0 Å². The molecule has 0 aliphatic heterocycles. The van der Waals surface area contributed by atoms with Crippen LogP contribution in [0.15, 0.2) is 0 Å². The second-order valence-electron chi connectivity index (χ2n) is 5.07. The molecule has 1 aliphatic rings. The Morgan fingerprint density at radius 1 is 1.47 bits per heavy atom. The summed E-state index contributed by atoms with van der Waals surface area (Å²) in [7, 11) is 0. The first-order valence-electron chi connectivity index (χ1n) is 6.30. The quantitative estimate of drug-likeness (QED) is 0.754. The second kappa shape index (κ2) is 6.28. The lowest BCUT2D eigenvalue weighted by atomic mass is 9.94. The smallest absolute Gasteiger partial charge is 0.277 e. The molecule has 0 radical (unpaired) electrons. The van der Waals surface area contributed by atoms with Crippen molar-refractivity contribution in [1.29, 1.82) is 0 Å². The van der Waals surface area contributed by atoms with Crippen LogP contribution in [0, 0.1) is 11.8 Å². The Morgan fingerprint density at radius 2 is 2.06 bits per heavy atom. The van der Waals surface area contributed by atoms with Crippen LogP contribution in [0.1, 0.15) is 39.0 Å². The van der Waals surface area contributed by atoms with Gasteiger partial charge in [-0.25, -0.2) is 8.78 Å². The van der Waals surface area contributed by atoms with Gasteiger partial charge in [-0.2, -0.15) is 0 Å². The molecule has 0 spiro atoms. The normalized spacial score (nSPS) is 19.3. The van der Waals surface area contributed by atoms with Gasteiger partial charge in [0.25, 0.3) is 5.92 Å². The van der Waals surface area contributed by atoms with Crippen molar-refractivity contribution in [2.45, 2.75) is 45.0 Å². The van der Waals surface area contributed by atoms with E-state index in [1.807, 2.05) is 0 Å². The number of nitrogens with one attached hydrogen (secondary N) is 1. The summed E-state index contributed by atoms with van der Waals surface area (Å²) in [6.07, 6.45) is 5.59. The molecule has 1 amide bonds. The van der Waals surface area contributed by atoms with Gasteiger partial charge in [0.2, 0.25) is 5.91 Å². The maximum atomic E-state index is 12.8. The van der Waals surface area contributed by atoms with E-state index in [0.717, 1.165) is 19.3 Å².